The monoisotopic (exact) mass is 438 g/mol. The number of aromatic nitrogens is 1. The van der Waals surface area contributed by atoms with Gasteiger partial charge in [0.15, 0.2) is 11.4 Å². The Labute approximate surface area is 184 Å². The van der Waals surface area contributed by atoms with E-state index in [1.165, 1.54) is 17.2 Å². The average Bonchev–Trinajstić information content (AvgIpc) is 3.12. The highest BCUT2D eigenvalue weighted by Crippen LogP contribution is 2.46. The molecule has 0 spiro atoms. The van der Waals surface area contributed by atoms with Crippen LogP contribution in [-0.2, 0) is 6.42 Å². The fourth-order valence-corrected chi connectivity index (χ4v) is 4.09. The summed E-state index contributed by atoms with van der Waals surface area (Å²) in [6.45, 7) is 6.04. The van der Waals surface area contributed by atoms with E-state index in [4.69, 9.17) is 4.42 Å². The van der Waals surface area contributed by atoms with Gasteiger partial charge in [0.25, 0.3) is 16.8 Å². The molecule has 2 aromatic heterocycles. The molecule has 0 saturated carbocycles. The third kappa shape index (κ3) is 3.43. The number of fused-ring (bicyclic) bond motifs is 1. The number of hydrogen-bond acceptors (Lipinski definition) is 8. The highest BCUT2D eigenvalue weighted by molar-refractivity contribution is 5.97. The van der Waals surface area contributed by atoms with E-state index in [1.54, 1.807) is 14.1 Å². The summed E-state index contributed by atoms with van der Waals surface area (Å²) in [5, 5.41) is 16.6. The molecule has 0 saturated heterocycles. The first-order valence-electron chi connectivity index (χ1n) is 10.4. The van der Waals surface area contributed by atoms with Crippen LogP contribution in [-0.4, -0.2) is 35.0 Å². The first-order valence-corrected chi connectivity index (χ1v) is 10.4. The smallest absolute Gasteiger partial charge is 0.275 e. The number of amides is 1. The summed E-state index contributed by atoms with van der Waals surface area (Å²) in [4.78, 5) is 42.2. The summed E-state index contributed by atoms with van der Waals surface area (Å²) in [5.74, 6) is 0.678. The number of aryl methyl sites for hydroxylation is 2. The number of aromatic hydroxyl groups is 1. The van der Waals surface area contributed by atoms with Crippen LogP contribution < -0.4 is 21.5 Å². The number of carbonyl (C=O) groups excluding carboxylic acids is 1. The first-order chi connectivity index (χ1) is 15.0. The largest absolute Gasteiger partial charge is 0.504 e. The third-order valence-corrected chi connectivity index (χ3v) is 6.04. The van der Waals surface area contributed by atoms with Gasteiger partial charge in [-0.25, -0.2) is 4.98 Å². The molecular formula is C23H26N4O5. The molecule has 32 heavy (non-hydrogen) atoms. The van der Waals surface area contributed by atoms with Crippen molar-refractivity contribution < 1.29 is 14.3 Å². The number of rotatable bonds is 5. The van der Waals surface area contributed by atoms with E-state index in [-0.39, 0.29) is 34.2 Å². The predicted molar refractivity (Wildman–Crippen MR) is 120 cm³/mol. The molecule has 0 fully saturated rings. The van der Waals surface area contributed by atoms with Crippen LogP contribution in [0.5, 0.6) is 5.75 Å². The van der Waals surface area contributed by atoms with Crippen molar-refractivity contribution in [2.24, 2.45) is 5.41 Å². The highest BCUT2D eigenvalue weighted by Gasteiger charge is 2.40. The SMILES string of the molecule is Cc1cc2c(o1)[C@@H](Nc1c(Nc3ccnc(C(=O)N(C)C)c3O)c(=O)c1=O)C(C)(C)CC2. The van der Waals surface area contributed by atoms with Gasteiger partial charge in [0, 0.05) is 20.3 Å². The van der Waals surface area contributed by atoms with Gasteiger partial charge in [-0.15, -0.1) is 0 Å². The minimum Gasteiger partial charge on any atom is -0.504 e. The van der Waals surface area contributed by atoms with Crippen LogP contribution in [0.4, 0.5) is 17.1 Å². The van der Waals surface area contributed by atoms with Crippen molar-refractivity contribution in [3.63, 3.8) is 0 Å². The first kappa shape index (κ1) is 21.6. The van der Waals surface area contributed by atoms with Crippen molar-refractivity contribution >= 4 is 23.0 Å². The van der Waals surface area contributed by atoms with Gasteiger partial charge in [0.05, 0.1) is 11.7 Å². The molecule has 4 rings (SSSR count). The van der Waals surface area contributed by atoms with E-state index in [0.717, 1.165) is 29.9 Å². The van der Waals surface area contributed by atoms with Gasteiger partial charge in [0.2, 0.25) is 0 Å². The quantitative estimate of drug-likeness (QED) is 0.520. The molecule has 0 unspecified atom stereocenters. The zero-order valence-electron chi connectivity index (χ0n) is 18.7. The normalized spacial score (nSPS) is 17.1. The second-order valence-electron chi connectivity index (χ2n) is 9.10. The van der Waals surface area contributed by atoms with Gasteiger partial charge in [-0.1, -0.05) is 13.8 Å². The minimum atomic E-state index is -0.700. The second-order valence-corrected chi connectivity index (χ2v) is 9.10. The number of furan rings is 1. The Hall–Kier alpha value is -3.62. The van der Waals surface area contributed by atoms with Crippen LogP contribution >= 0.6 is 0 Å². The Bertz CT molecular complexity index is 1280. The standard InChI is InChI=1S/C23H26N4O5/c1-11-10-12-6-8-23(2,3)21(20(12)32-11)26-15-14(18(29)19(15)30)25-13-7-9-24-16(17(13)28)22(31)27(4)5/h7,9-10,21,26,28H,6,8H2,1-5H3,(H,24,25)/t21-/m1/s1. The molecule has 1 aromatic carbocycles. The molecule has 0 bridgehead atoms. The lowest BCUT2D eigenvalue weighted by molar-refractivity contribution is 0.0819. The number of anilines is 3. The van der Waals surface area contributed by atoms with E-state index in [0.29, 0.717) is 0 Å². The van der Waals surface area contributed by atoms with Gasteiger partial charge >= 0.3 is 0 Å². The Balaban J connectivity index is 1.68. The Morgan fingerprint density at radius 2 is 1.94 bits per heavy atom. The molecule has 2 heterocycles. The fourth-order valence-electron chi connectivity index (χ4n) is 4.09. The number of nitrogens with one attached hydrogen (secondary N) is 2. The van der Waals surface area contributed by atoms with Gasteiger partial charge in [-0.3, -0.25) is 14.4 Å². The molecule has 9 heteroatoms. The van der Waals surface area contributed by atoms with Crippen molar-refractivity contribution in [2.45, 2.75) is 39.7 Å². The Kier molecular flexibility index (Phi) is 5.07. The topological polar surface area (TPSA) is 125 Å². The molecule has 1 atom stereocenters. The molecule has 1 aliphatic rings. The maximum Gasteiger partial charge on any atom is 0.275 e. The zero-order chi connectivity index (χ0) is 23.4. The van der Waals surface area contributed by atoms with Gasteiger partial charge in [0.1, 0.15) is 22.9 Å². The lowest BCUT2D eigenvalue weighted by Crippen LogP contribution is -2.41. The van der Waals surface area contributed by atoms with Crippen molar-refractivity contribution in [3.8, 4) is 5.75 Å². The number of hydrogen-bond donors (Lipinski definition) is 3. The number of pyridine rings is 1. The van der Waals surface area contributed by atoms with Crippen LogP contribution in [0.2, 0.25) is 0 Å². The third-order valence-electron chi connectivity index (χ3n) is 6.04. The predicted octanol–water partition coefficient (Wildman–Crippen LogP) is 2.86. The summed E-state index contributed by atoms with van der Waals surface area (Å²) >= 11 is 0. The molecule has 168 valence electrons. The van der Waals surface area contributed by atoms with Crippen molar-refractivity contribution in [3.05, 3.63) is 61.6 Å². The summed E-state index contributed by atoms with van der Waals surface area (Å²) < 4.78 is 5.93. The van der Waals surface area contributed by atoms with Crippen LogP contribution in [0.25, 0.3) is 0 Å². The summed E-state index contributed by atoms with van der Waals surface area (Å²) in [6.07, 6.45) is 3.11. The summed E-state index contributed by atoms with van der Waals surface area (Å²) in [7, 11) is 3.08. The van der Waals surface area contributed by atoms with Crippen LogP contribution in [0.15, 0.2) is 32.3 Å². The lowest BCUT2D eigenvalue weighted by atomic mass is 9.73. The van der Waals surface area contributed by atoms with Gasteiger partial charge in [-0.2, -0.15) is 0 Å². The lowest BCUT2D eigenvalue weighted by Gasteiger charge is -2.38. The fraction of sp³-hybridized carbons (Fsp3) is 0.391. The van der Waals surface area contributed by atoms with E-state index in [1.807, 2.05) is 13.0 Å². The molecule has 3 aromatic rings. The molecular weight excluding hydrogens is 412 g/mol. The van der Waals surface area contributed by atoms with Gasteiger partial charge in [-0.05, 0) is 42.9 Å². The second kappa shape index (κ2) is 7.51. The van der Waals surface area contributed by atoms with E-state index >= 15 is 0 Å². The number of carbonyl (C=O) groups is 1. The Morgan fingerprint density at radius 1 is 1.25 bits per heavy atom. The molecule has 3 N–H and O–H groups in total. The van der Waals surface area contributed by atoms with Crippen LogP contribution in [0.3, 0.4) is 0 Å². The van der Waals surface area contributed by atoms with Crippen molar-refractivity contribution in [1.29, 1.82) is 0 Å². The maximum atomic E-state index is 12.4. The van der Waals surface area contributed by atoms with E-state index in [9.17, 15) is 19.5 Å². The molecule has 0 radical (unpaired) electrons. The average molecular weight is 438 g/mol. The minimum absolute atomic E-state index is 0.0333. The van der Waals surface area contributed by atoms with Gasteiger partial charge < -0.3 is 25.1 Å². The Morgan fingerprint density at radius 3 is 2.62 bits per heavy atom. The molecule has 1 amide bonds. The van der Waals surface area contributed by atoms with Crippen molar-refractivity contribution in [2.75, 3.05) is 24.7 Å². The van der Waals surface area contributed by atoms with Crippen LogP contribution in [0.1, 0.15) is 53.9 Å². The maximum absolute atomic E-state index is 12.4. The highest BCUT2D eigenvalue weighted by atomic mass is 16.3. The van der Waals surface area contributed by atoms with Crippen LogP contribution in [0, 0.1) is 12.3 Å². The summed E-state index contributed by atoms with van der Waals surface area (Å²) in [6, 6.07) is 3.13. The molecule has 1 aliphatic carbocycles. The molecule has 0 aliphatic heterocycles. The summed E-state index contributed by atoms with van der Waals surface area (Å²) in [5.41, 5.74) is -0.359. The van der Waals surface area contributed by atoms with Crippen molar-refractivity contribution in [1.82, 2.24) is 9.88 Å². The zero-order valence-corrected chi connectivity index (χ0v) is 18.7. The number of nitrogens with zero attached hydrogens (tertiary/aromatic N) is 2. The molecule has 9 nitrogen and oxygen atoms in total. The van der Waals surface area contributed by atoms with E-state index < -0.39 is 22.5 Å². The van der Waals surface area contributed by atoms with E-state index in [2.05, 4.69) is 29.5 Å².